The van der Waals surface area contributed by atoms with Crippen LogP contribution < -0.4 is 5.76 Å². The first-order valence-electron chi connectivity index (χ1n) is 10.4. The number of oxazole rings is 1. The average Bonchev–Trinajstić information content (AvgIpc) is 3.04. The Morgan fingerprint density at radius 1 is 1.07 bits per heavy atom. The number of rotatable bonds is 8. The fourth-order valence-electron chi connectivity index (χ4n) is 3.80. The van der Waals surface area contributed by atoms with Crippen molar-refractivity contribution in [3.05, 3.63) is 34.8 Å². The van der Waals surface area contributed by atoms with Crippen molar-refractivity contribution in [1.82, 2.24) is 19.3 Å². The van der Waals surface area contributed by atoms with E-state index >= 15 is 0 Å². The number of carbonyl (C=O) groups is 2. The molecule has 0 N–H and O–H groups in total. The van der Waals surface area contributed by atoms with E-state index in [9.17, 15) is 14.4 Å². The molecule has 8 heteroatoms. The lowest BCUT2D eigenvalue weighted by atomic mass is 10.2. The number of aryl methyl sites for hydroxylation is 1. The molecule has 0 bridgehead atoms. The summed E-state index contributed by atoms with van der Waals surface area (Å²) in [6.45, 7) is 9.00. The summed E-state index contributed by atoms with van der Waals surface area (Å²) in [6.07, 6.45) is 0.979. The minimum atomic E-state index is -0.384. The van der Waals surface area contributed by atoms with Gasteiger partial charge in [-0.05, 0) is 32.4 Å². The Labute approximate surface area is 170 Å². The minimum Gasteiger partial charge on any atom is -0.408 e. The molecule has 8 nitrogen and oxygen atoms in total. The largest absolute Gasteiger partial charge is 0.419 e. The normalized spacial score (nSPS) is 15.0. The molecule has 2 aromatic rings. The van der Waals surface area contributed by atoms with Crippen LogP contribution in [0.4, 0.5) is 0 Å². The van der Waals surface area contributed by atoms with Crippen molar-refractivity contribution in [3.8, 4) is 0 Å². The van der Waals surface area contributed by atoms with Crippen molar-refractivity contribution < 1.29 is 14.0 Å². The summed E-state index contributed by atoms with van der Waals surface area (Å²) in [5, 5.41) is 0. The Bertz CT molecular complexity index is 891. The van der Waals surface area contributed by atoms with E-state index in [1.165, 1.54) is 0 Å². The van der Waals surface area contributed by atoms with E-state index in [1.807, 2.05) is 41.8 Å². The maximum absolute atomic E-state index is 12.5. The number of benzene rings is 1. The highest BCUT2D eigenvalue weighted by atomic mass is 16.4. The number of carbonyl (C=O) groups excluding carboxylic acids is 2. The fraction of sp³-hybridized carbons (Fsp3) is 0.571. The van der Waals surface area contributed by atoms with Crippen LogP contribution in [-0.4, -0.2) is 76.9 Å². The van der Waals surface area contributed by atoms with Crippen molar-refractivity contribution >= 4 is 22.9 Å². The predicted octanol–water partition coefficient (Wildman–Crippen LogP) is 1.39. The van der Waals surface area contributed by atoms with Gasteiger partial charge in [-0.15, -0.1) is 0 Å². The maximum atomic E-state index is 12.5. The number of aromatic nitrogens is 1. The first-order valence-corrected chi connectivity index (χ1v) is 10.4. The van der Waals surface area contributed by atoms with Gasteiger partial charge < -0.3 is 14.2 Å². The molecule has 2 heterocycles. The van der Waals surface area contributed by atoms with Crippen LogP contribution in [0.5, 0.6) is 0 Å². The number of hydrogen-bond donors (Lipinski definition) is 0. The molecular formula is C21H30N4O4. The summed E-state index contributed by atoms with van der Waals surface area (Å²) in [7, 11) is 0. The fourth-order valence-corrected chi connectivity index (χ4v) is 3.80. The SMILES string of the molecule is CCN(CC)C(=O)CN1CCN(C(=O)CCCn2c(=O)oc3ccccc32)CC1. The Hall–Kier alpha value is -2.61. The first-order chi connectivity index (χ1) is 14.0. The zero-order valence-electron chi connectivity index (χ0n) is 17.3. The Morgan fingerprint density at radius 3 is 2.45 bits per heavy atom. The number of nitrogens with zero attached hydrogens (tertiary/aromatic N) is 4. The van der Waals surface area contributed by atoms with E-state index in [1.54, 1.807) is 10.6 Å². The second-order valence-corrected chi connectivity index (χ2v) is 7.31. The van der Waals surface area contributed by atoms with Gasteiger partial charge in [0, 0.05) is 52.2 Å². The second-order valence-electron chi connectivity index (χ2n) is 7.31. The standard InChI is InChI=1S/C21H30N4O4/c1-3-23(4-2)20(27)16-22-12-14-24(15-13-22)19(26)10-7-11-25-17-8-5-6-9-18(17)29-21(25)28/h5-6,8-9H,3-4,7,10-16H2,1-2H3. The smallest absolute Gasteiger partial charge is 0.408 e. The number of piperazine rings is 1. The molecule has 1 saturated heterocycles. The molecule has 0 saturated carbocycles. The number of para-hydroxylation sites is 2. The number of amides is 2. The topological polar surface area (TPSA) is 79.0 Å². The van der Waals surface area contributed by atoms with E-state index in [0.717, 1.165) is 18.6 Å². The van der Waals surface area contributed by atoms with Gasteiger partial charge in [0.05, 0.1) is 12.1 Å². The lowest BCUT2D eigenvalue weighted by molar-refractivity contribution is -0.135. The average molecular weight is 402 g/mol. The van der Waals surface area contributed by atoms with Crippen LogP contribution in [0.15, 0.2) is 33.5 Å². The van der Waals surface area contributed by atoms with Crippen LogP contribution in [0.2, 0.25) is 0 Å². The van der Waals surface area contributed by atoms with E-state index in [-0.39, 0.29) is 17.6 Å². The van der Waals surface area contributed by atoms with Gasteiger partial charge >= 0.3 is 5.76 Å². The zero-order valence-corrected chi connectivity index (χ0v) is 17.3. The molecule has 158 valence electrons. The first kappa shape index (κ1) is 21.1. The molecule has 1 aliphatic heterocycles. The molecule has 1 fully saturated rings. The molecule has 1 aromatic carbocycles. The Kier molecular flexibility index (Phi) is 7.09. The monoisotopic (exact) mass is 402 g/mol. The third kappa shape index (κ3) is 5.06. The lowest BCUT2D eigenvalue weighted by Crippen LogP contribution is -2.51. The second kappa shape index (κ2) is 9.73. The van der Waals surface area contributed by atoms with Gasteiger partial charge in [-0.25, -0.2) is 4.79 Å². The Morgan fingerprint density at radius 2 is 1.76 bits per heavy atom. The summed E-state index contributed by atoms with van der Waals surface area (Å²) < 4.78 is 6.81. The third-order valence-corrected chi connectivity index (χ3v) is 5.55. The minimum absolute atomic E-state index is 0.0977. The highest BCUT2D eigenvalue weighted by Gasteiger charge is 2.23. The molecule has 0 radical (unpaired) electrons. The van der Waals surface area contributed by atoms with Gasteiger partial charge in [0.15, 0.2) is 5.58 Å². The van der Waals surface area contributed by atoms with Gasteiger partial charge in [0.1, 0.15) is 0 Å². The number of hydrogen-bond acceptors (Lipinski definition) is 5. The van der Waals surface area contributed by atoms with E-state index < -0.39 is 0 Å². The maximum Gasteiger partial charge on any atom is 0.419 e. The van der Waals surface area contributed by atoms with Gasteiger partial charge in [0.25, 0.3) is 0 Å². The van der Waals surface area contributed by atoms with Crippen molar-refractivity contribution in [2.75, 3.05) is 45.8 Å². The molecule has 1 aromatic heterocycles. The molecule has 29 heavy (non-hydrogen) atoms. The summed E-state index contributed by atoms with van der Waals surface area (Å²) >= 11 is 0. The van der Waals surface area contributed by atoms with Gasteiger partial charge in [-0.3, -0.25) is 19.1 Å². The quantitative estimate of drug-likeness (QED) is 0.667. The summed E-state index contributed by atoms with van der Waals surface area (Å²) in [6, 6.07) is 7.31. The van der Waals surface area contributed by atoms with Crippen LogP contribution in [0.25, 0.3) is 11.1 Å². The molecule has 3 rings (SSSR count). The molecule has 0 unspecified atom stereocenters. The summed E-state index contributed by atoms with van der Waals surface area (Å²) in [5.74, 6) is -0.141. The summed E-state index contributed by atoms with van der Waals surface area (Å²) in [4.78, 5) is 42.6. The van der Waals surface area contributed by atoms with Crippen LogP contribution in [0, 0.1) is 0 Å². The van der Waals surface area contributed by atoms with Crippen molar-refractivity contribution in [2.45, 2.75) is 33.2 Å². The molecule has 0 spiro atoms. The highest BCUT2D eigenvalue weighted by molar-refractivity contribution is 5.78. The molecule has 1 aliphatic rings. The van der Waals surface area contributed by atoms with E-state index in [4.69, 9.17) is 4.42 Å². The molecule has 0 atom stereocenters. The van der Waals surface area contributed by atoms with Gasteiger partial charge in [-0.2, -0.15) is 0 Å². The zero-order chi connectivity index (χ0) is 20.8. The van der Waals surface area contributed by atoms with Gasteiger partial charge in [-0.1, -0.05) is 12.1 Å². The van der Waals surface area contributed by atoms with Crippen molar-refractivity contribution in [3.63, 3.8) is 0 Å². The third-order valence-electron chi connectivity index (χ3n) is 5.55. The van der Waals surface area contributed by atoms with E-state index in [0.29, 0.717) is 57.7 Å². The number of likely N-dealkylation sites (N-methyl/N-ethyl adjacent to an activating group) is 1. The van der Waals surface area contributed by atoms with Crippen LogP contribution >= 0.6 is 0 Å². The van der Waals surface area contributed by atoms with Gasteiger partial charge in [0.2, 0.25) is 11.8 Å². The van der Waals surface area contributed by atoms with E-state index in [2.05, 4.69) is 4.90 Å². The molecule has 0 aliphatic carbocycles. The van der Waals surface area contributed by atoms with Crippen LogP contribution in [0.1, 0.15) is 26.7 Å². The lowest BCUT2D eigenvalue weighted by Gasteiger charge is -2.35. The summed E-state index contributed by atoms with van der Waals surface area (Å²) in [5.41, 5.74) is 1.33. The molecular weight excluding hydrogens is 372 g/mol. The van der Waals surface area contributed by atoms with Crippen molar-refractivity contribution in [1.29, 1.82) is 0 Å². The molecule has 2 amide bonds. The number of fused-ring (bicyclic) bond motifs is 1. The van der Waals surface area contributed by atoms with Crippen molar-refractivity contribution in [2.24, 2.45) is 0 Å². The van der Waals surface area contributed by atoms with Crippen LogP contribution in [0.3, 0.4) is 0 Å². The predicted molar refractivity (Wildman–Crippen MR) is 111 cm³/mol. The Balaban J connectivity index is 1.44. The highest BCUT2D eigenvalue weighted by Crippen LogP contribution is 2.13. The van der Waals surface area contributed by atoms with Crippen LogP contribution in [-0.2, 0) is 16.1 Å².